The molecule has 86 valence electrons. The lowest BCUT2D eigenvalue weighted by molar-refractivity contribution is 0.689. The van der Waals surface area contributed by atoms with Crippen molar-refractivity contribution in [2.75, 3.05) is 5.73 Å². The second-order valence-electron chi connectivity index (χ2n) is 3.74. The van der Waals surface area contributed by atoms with Crippen molar-refractivity contribution in [2.24, 2.45) is 0 Å². The molecule has 4 nitrogen and oxygen atoms in total. The van der Waals surface area contributed by atoms with Gasteiger partial charge in [0.25, 0.3) is 0 Å². The molecule has 5 heteroatoms. The van der Waals surface area contributed by atoms with Crippen LogP contribution in [0.2, 0.25) is 0 Å². The summed E-state index contributed by atoms with van der Waals surface area (Å²) >= 11 is 3.38. The Morgan fingerprint density at radius 3 is 2.59 bits per heavy atom. The van der Waals surface area contributed by atoms with Gasteiger partial charge in [0, 0.05) is 4.47 Å². The first-order valence-corrected chi connectivity index (χ1v) is 5.88. The van der Waals surface area contributed by atoms with Crippen LogP contribution in [0.15, 0.2) is 28.7 Å². The molecule has 0 radical (unpaired) electrons. The molecule has 2 N–H and O–H groups in total. The van der Waals surface area contributed by atoms with Crippen molar-refractivity contribution in [3.05, 3.63) is 45.6 Å². The van der Waals surface area contributed by atoms with Crippen molar-refractivity contribution < 1.29 is 0 Å². The summed E-state index contributed by atoms with van der Waals surface area (Å²) in [7, 11) is 0. The second-order valence-corrected chi connectivity index (χ2v) is 4.66. The van der Waals surface area contributed by atoms with Gasteiger partial charge >= 0.3 is 0 Å². The maximum atomic E-state index is 8.93. The van der Waals surface area contributed by atoms with Crippen LogP contribution in [0.4, 0.5) is 5.82 Å². The summed E-state index contributed by atoms with van der Waals surface area (Å²) in [5.74, 6) is 0.424. The zero-order valence-electron chi connectivity index (χ0n) is 9.31. The molecule has 0 amide bonds. The first-order chi connectivity index (χ1) is 8.11. The lowest BCUT2D eigenvalue weighted by Gasteiger charge is -2.04. The maximum absolute atomic E-state index is 8.93. The number of nitriles is 1. The van der Waals surface area contributed by atoms with Crippen molar-refractivity contribution in [1.29, 1.82) is 5.26 Å². The molecule has 2 aromatic rings. The Labute approximate surface area is 108 Å². The fourth-order valence-electron chi connectivity index (χ4n) is 1.62. The van der Waals surface area contributed by atoms with Gasteiger partial charge < -0.3 is 5.73 Å². The number of rotatable bonds is 2. The summed E-state index contributed by atoms with van der Waals surface area (Å²) in [6.45, 7) is 2.36. The molecule has 0 saturated carbocycles. The molecule has 1 heterocycles. The third-order valence-corrected chi connectivity index (χ3v) is 3.05. The van der Waals surface area contributed by atoms with E-state index in [1.807, 2.05) is 24.3 Å². The van der Waals surface area contributed by atoms with Crippen LogP contribution in [0.1, 0.15) is 16.8 Å². The number of anilines is 1. The lowest BCUT2D eigenvalue weighted by Crippen LogP contribution is -2.06. The largest absolute Gasteiger partial charge is 0.383 e. The summed E-state index contributed by atoms with van der Waals surface area (Å²) < 4.78 is 2.68. The Morgan fingerprint density at radius 1 is 1.41 bits per heavy atom. The molecule has 1 aromatic heterocycles. The molecular weight excluding hydrogens is 280 g/mol. The van der Waals surface area contributed by atoms with Gasteiger partial charge in [-0.3, -0.25) is 0 Å². The molecule has 0 aliphatic rings. The molecule has 0 aliphatic carbocycles. The minimum absolute atomic E-state index is 0.424. The molecule has 0 spiro atoms. The number of benzene rings is 1. The molecule has 0 bridgehead atoms. The Balaban J connectivity index is 2.31. The van der Waals surface area contributed by atoms with E-state index in [2.05, 4.69) is 27.1 Å². The topological polar surface area (TPSA) is 67.6 Å². The number of aromatic nitrogens is 2. The number of aryl methyl sites for hydroxylation is 1. The number of halogens is 1. The van der Waals surface area contributed by atoms with Gasteiger partial charge in [0.2, 0.25) is 0 Å². The monoisotopic (exact) mass is 290 g/mol. The highest BCUT2D eigenvalue weighted by Gasteiger charge is 2.11. The van der Waals surface area contributed by atoms with Gasteiger partial charge in [0.05, 0.1) is 12.2 Å². The van der Waals surface area contributed by atoms with Crippen LogP contribution in [0, 0.1) is 18.3 Å². The van der Waals surface area contributed by atoms with Gasteiger partial charge in [0.1, 0.15) is 17.5 Å². The van der Waals surface area contributed by atoms with Gasteiger partial charge in [-0.05, 0) is 24.6 Å². The average molecular weight is 291 g/mol. The highest BCUT2D eigenvalue weighted by Crippen LogP contribution is 2.17. The summed E-state index contributed by atoms with van der Waals surface area (Å²) in [4.78, 5) is 0. The fourth-order valence-corrected chi connectivity index (χ4v) is 1.89. The van der Waals surface area contributed by atoms with Gasteiger partial charge in [-0.25, -0.2) is 4.68 Å². The van der Waals surface area contributed by atoms with Crippen molar-refractivity contribution >= 4 is 21.7 Å². The Morgan fingerprint density at radius 2 is 2.06 bits per heavy atom. The molecule has 0 saturated heterocycles. The standard InChI is InChI=1S/C12H11BrN4/c1-8-11(6-14)12(15)17(16-8)7-9-2-4-10(13)5-3-9/h2-5H,7,15H2,1H3. The number of nitrogens with zero attached hydrogens (tertiary/aromatic N) is 3. The third-order valence-electron chi connectivity index (χ3n) is 2.52. The van der Waals surface area contributed by atoms with Gasteiger partial charge in [-0.1, -0.05) is 28.1 Å². The Bertz CT molecular complexity index is 578. The van der Waals surface area contributed by atoms with E-state index < -0.39 is 0 Å². The van der Waals surface area contributed by atoms with E-state index in [9.17, 15) is 0 Å². The van der Waals surface area contributed by atoms with Crippen LogP contribution in [0.3, 0.4) is 0 Å². The molecule has 17 heavy (non-hydrogen) atoms. The average Bonchev–Trinajstić information content (AvgIpc) is 2.57. The summed E-state index contributed by atoms with van der Waals surface area (Å²) in [6, 6.07) is 9.98. The number of hydrogen-bond acceptors (Lipinski definition) is 3. The molecule has 1 aromatic carbocycles. The predicted octanol–water partition coefficient (Wildman–Crippen LogP) is 2.46. The van der Waals surface area contributed by atoms with Crippen molar-refractivity contribution in [3.63, 3.8) is 0 Å². The third kappa shape index (κ3) is 2.32. The quantitative estimate of drug-likeness (QED) is 0.924. The second kappa shape index (κ2) is 4.60. The van der Waals surface area contributed by atoms with E-state index in [1.165, 1.54) is 0 Å². The van der Waals surface area contributed by atoms with Crippen LogP contribution >= 0.6 is 15.9 Å². The van der Waals surface area contributed by atoms with E-state index >= 15 is 0 Å². The lowest BCUT2D eigenvalue weighted by atomic mass is 10.2. The van der Waals surface area contributed by atoms with Crippen molar-refractivity contribution in [2.45, 2.75) is 13.5 Å². The molecule has 2 rings (SSSR count). The zero-order chi connectivity index (χ0) is 12.4. The van der Waals surface area contributed by atoms with Crippen LogP contribution in [-0.2, 0) is 6.54 Å². The number of nitrogen functional groups attached to an aromatic ring is 1. The molecule has 0 atom stereocenters. The Hall–Kier alpha value is -1.80. The maximum Gasteiger partial charge on any atom is 0.140 e. The summed E-state index contributed by atoms with van der Waals surface area (Å²) in [5.41, 5.74) is 8.08. The van der Waals surface area contributed by atoms with Gasteiger partial charge in [0.15, 0.2) is 0 Å². The number of nitrogens with two attached hydrogens (primary N) is 1. The van der Waals surface area contributed by atoms with Crippen molar-refractivity contribution in [1.82, 2.24) is 9.78 Å². The molecular formula is C12H11BrN4. The van der Waals surface area contributed by atoms with Gasteiger partial charge in [-0.15, -0.1) is 0 Å². The van der Waals surface area contributed by atoms with Crippen LogP contribution in [0.25, 0.3) is 0 Å². The summed E-state index contributed by atoms with van der Waals surface area (Å²) in [6.07, 6.45) is 0. The molecule has 0 fully saturated rings. The predicted molar refractivity (Wildman–Crippen MR) is 69.3 cm³/mol. The van der Waals surface area contributed by atoms with Crippen LogP contribution < -0.4 is 5.73 Å². The van der Waals surface area contributed by atoms with Crippen LogP contribution in [0.5, 0.6) is 0 Å². The fraction of sp³-hybridized carbons (Fsp3) is 0.167. The van der Waals surface area contributed by atoms with E-state index in [1.54, 1.807) is 11.6 Å². The minimum Gasteiger partial charge on any atom is -0.383 e. The van der Waals surface area contributed by atoms with E-state index in [0.717, 1.165) is 10.0 Å². The van der Waals surface area contributed by atoms with Crippen LogP contribution in [-0.4, -0.2) is 9.78 Å². The normalized spacial score (nSPS) is 10.2. The summed E-state index contributed by atoms with van der Waals surface area (Å²) in [5, 5.41) is 13.2. The Kier molecular flexibility index (Phi) is 3.16. The smallest absolute Gasteiger partial charge is 0.140 e. The number of hydrogen-bond donors (Lipinski definition) is 1. The first kappa shape index (κ1) is 11.7. The minimum atomic E-state index is 0.424. The molecule has 0 unspecified atom stereocenters. The van der Waals surface area contributed by atoms with Gasteiger partial charge in [-0.2, -0.15) is 10.4 Å². The van der Waals surface area contributed by atoms with Crippen molar-refractivity contribution in [3.8, 4) is 6.07 Å². The van der Waals surface area contributed by atoms with E-state index in [-0.39, 0.29) is 0 Å². The van der Waals surface area contributed by atoms with E-state index in [4.69, 9.17) is 11.0 Å². The molecule has 0 aliphatic heterocycles. The first-order valence-electron chi connectivity index (χ1n) is 5.09. The highest BCUT2D eigenvalue weighted by atomic mass is 79.9. The highest BCUT2D eigenvalue weighted by molar-refractivity contribution is 9.10. The van der Waals surface area contributed by atoms with E-state index in [0.29, 0.717) is 23.6 Å². The zero-order valence-corrected chi connectivity index (χ0v) is 10.9. The SMILES string of the molecule is Cc1nn(Cc2ccc(Br)cc2)c(N)c1C#N.